The maximum Gasteiger partial charge on any atom is 0.417 e. The highest BCUT2D eigenvalue weighted by atomic mass is 19.4. The number of hydrogen-bond donors (Lipinski definition) is 2. The van der Waals surface area contributed by atoms with Gasteiger partial charge in [-0.3, -0.25) is 9.69 Å². The Morgan fingerprint density at radius 1 is 1.32 bits per heavy atom. The minimum absolute atomic E-state index is 0.128. The normalized spacial score (nSPS) is 30.6. The molecule has 3 rings (SSSR count). The number of aromatic nitrogens is 2. The lowest BCUT2D eigenvalue weighted by Gasteiger charge is -2.42. The molecule has 0 saturated heterocycles. The van der Waals surface area contributed by atoms with Crippen molar-refractivity contribution >= 4 is 11.7 Å². The van der Waals surface area contributed by atoms with Gasteiger partial charge in [-0.05, 0) is 31.6 Å². The van der Waals surface area contributed by atoms with Crippen LogP contribution in [0.15, 0.2) is 6.33 Å². The molecule has 2 aliphatic rings. The number of aliphatic hydroxyl groups excluding tert-OH is 1. The van der Waals surface area contributed by atoms with Crippen molar-refractivity contribution in [3.63, 3.8) is 0 Å². The largest absolute Gasteiger partial charge is 0.417 e. The van der Waals surface area contributed by atoms with Gasteiger partial charge in [0, 0.05) is 20.6 Å². The van der Waals surface area contributed by atoms with Gasteiger partial charge < -0.3 is 19.7 Å². The van der Waals surface area contributed by atoms with E-state index in [4.69, 9.17) is 0 Å². The van der Waals surface area contributed by atoms with Crippen LogP contribution >= 0.6 is 0 Å². The third-order valence-corrected chi connectivity index (χ3v) is 5.26. The van der Waals surface area contributed by atoms with Gasteiger partial charge in [-0.2, -0.15) is 13.2 Å². The van der Waals surface area contributed by atoms with Crippen LogP contribution in [-0.2, 0) is 7.05 Å². The van der Waals surface area contributed by atoms with Gasteiger partial charge in [0.2, 0.25) is 6.35 Å². The van der Waals surface area contributed by atoms with E-state index in [-0.39, 0.29) is 25.3 Å². The summed E-state index contributed by atoms with van der Waals surface area (Å²) >= 11 is 0. The number of rotatable bonds is 2. The van der Waals surface area contributed by atoms with E-state index in [2.05, 4.69) is 4.98 Å². The Morgan fingerprint density at radius 3 is 2.48 bits per heavy atom. The molecule has 1 saturated carbocycles. The quantitative estimate of drug-likeness (QED) is 0.823. The van der Waals surface area contributed by atoms with Gasteiger partial charge in [-0.25, -0.2) is 4.98 Å². The number of alkyl halides is 3. The molecule has 0 bridgehead atoms. The van der Waals surface area contributed by atoms with E-state index in [0.717, 1.165) is 0 Å². The molecule has 1 amide bonds. The second-order valence-electron chi connectivity index (χ2n) is 6.92. The lowest BCUT2D eigenvalue weighted by Crippen LogP contribution is -2.56. The van der Waals surface area contributed by atoms with Gasteiger partial charge in [0.15, 0.2) is 17.1 Å². The molecule has 7 nitrogen and oxygen atoms in total. The van der Waals surface area contributed by atoms with Gasteiger partial charge in [0.05, 0.1) is 6.33 Å². The molecule has 2 heterocycles. The number of imidazole rings is 1. The van der Waals surface area contributed by atoms with E-state index >= 15 is 0 Å². The number of aryl methyl sites for hydroxylation is 1. The van der Waals surface area contributed by atoms with Gasteiger partial charge in [-0.1, -0.05) is 0 Å². The first kappa shape index (κ1) is 18.0. The Balaban J connectivity index is 1.72. The first-order valence-corrected chi connectivity index (χ1v) is 8.07. The van der Waals surface area contributed by atoms with Crippen LogP contribution in [-0.4, -0.2) is 62.3 Å². The Morgan fingerprint density at radius 2 is 1.92 bits per heavy atom. The smallest absolute Gasteiger partial charge is 0.380 e. The Kier molecular flexibility index (Phi) is 4.23. The average Bonchev–Trinajstić information content (AvgIpc) is 2.92. The zero-order valence-electron chi connectivity index (χ0n) is 14.0. The Bertz CT molecular complexity index is 667. The van der Waals surface area contributed by atoms with Crippen LogP contribution < -0.4 is 4.90 Å². The summed E-state index contributed by atoms with van der Waals surface area (Å²) in [4.78, 5) is 19.4. The molecule has 1 atom stereocenters. The fourth-order valence-corrected chi connectivity index (χ4v) is 3.56. The number of nitrogens with zero attached hydrogens (tertiary/aromatic N) is 4. The zero-order chi connectivity index (χ0) is 18.6. The van der Waals surface area contributed by atoms with Crippen molar-refractivity contribution in [2.75, 3.05) is 18.5 Å². The molecular formula is C15H21F3N4O3. The van der Waals surface area contributed by atoms with Crippen LogP contribution in [0.4, 0.5) is 19.0 Å². The number of halogens is 3. The van der Waals surface area contributed by atoms with Crippen molar-refractivity contribution < 1.29 is 28.2 Å². The zero-order valence-corrected chi connectivity index (χ0v) is 14.0. The summed E-state index contributed by atoms with van der Waals surface area (Å²) in [6, 6.07) is 0. The predicted octanol–water partition coefficient (Wildman–Crippen LogP) is 1.07. The van der Waals surface area contributed by atoms with Gasteiger partial charge >= 0.3 is 6.18 Å². The molecule has 1 aromatic heterocycles. The second kappa shape index (κ2) is 5.87. The predicted molar refractivity (Wildman–Crippen MR) is 81.6 cm³/mol. The summed E-state index contributed by atoms with van der Waals surface area (Å²) < 4.78 is 40.2. The standard InChI is InChI=1S/C15H21F3N4O3/c1-20-8-19-11-10(20)12(23)22(13(24)21(11)2)7-9-3-5-14(25,6-4-9)15(16,17)18/h8-9,13,24-25H,3-7H2,1-2H3. The van der Waals surface area contributed by atoms with Gasteiger partial charge in [0.1, 0.15) is 0 Å². The fraction of sp³-hybridized carbons (Fsp3) is 0.733. The number of amides is 1. The lowest BCUT2D eigenvalue weighted by atomic mass is 9.78. The van der Waals surface area contributed by atoms with E-state index in [9.17, 15) is 28.2 Å². The lowest BCUT2D eigenvalue weighted by molar-refractivity contribution is -0.272. The van der Waals surface area contributed by atoms with Crippen LogP contribution in [0.5, 0.6) is 0 Å². The summed E-state index contributed by atoms with van der Waals surface area (Å²) in [6.45, 7) is 0.128. The second-order valence-corrected chi connectivity index (χ2v) is 6.92. The van der Waals surface area contributed by atoms with Crippen LogP contribution in [0.2, 0.25) is 0 Å². The summed E-state index contributed by atoms with van der Waals surface area (Å²) in [5.74, 6) is -0.256. The van der Waals surface area contributed by atoms with Crippen molar-refractivity contribution in [3.8, 4) is 0 Å². The summed E-state index contributed by atoms with van der Waals surface area (Å²) in [6.07, 6.45) is -4.93. The highest BCUT2D eigenvalue weighted by Gasteiger charge is 2.55. The number of fused-ring (bicyclic) bond motifs is 1. The van der Waals surface area contributed by atoms with E-state index in [1.807, 2.05) is 0 Å². The van der Waals surface area contributed by atoms with E-state index in [1.165, 1.54) is 16.1 Å². The molecular weight excluding hydrogens is 341 g/mol. The molecule has 1 aromatic rings. The molecule has 140 valence electrons. The highest BCUT2D eigenvalue weighted by molar-refractivity contribution is 5.99. The van der Waals surface area contributed by atoms with E-state index in [1.54, 1.807) is 18.7 Å². The van der Waals surface area contributed by atoms with Crippen LogP contribution in [0.3, 0.4) is 0 Å². The minimum Gasteiger partial charge on any atom is -0.380 e. The first-order valence-electron chi connectivity index (χ1n) is 8.07. The number of carbonyl (C=O) groups excluding carboxylic acids is 1. The number of hydrogen-bond acceptors (Lipinski definition) is 5. The molecule has 2 N–H and O–H groups in total. The maximum atomic E-state index is 12.9. The van der Waals surface area contributed by atoms with Crippen LogP contribution in [0, 0.1) is 5.92 Å². The van der Waals surface area contributed by atoms with Crippen molar-refractivity contribution in [2.24, 2.45) is 13.0 Å². The maximum absolute atomic E-state index is 12.9. The summed E-state index contributed by atoms with van der Waals surface area (Å²) in [5.41, 5.74) is -2.32. The molecule has 1 aliphatic carbocycles. The van der Waals surface area contributed by atoms with Crippen molar-refractivity contribution in [1.29, 1.82) is 0 Å². The third kappa shape index (κ3) is 2.86. The molecule has 25 heavy (non-hydrogen) atoms. The van der Waals surface area contributed by atoms with Crippen molar-refractivity contribution in [2.45, 2.75) is 43.8 Å². The van der Waals surface area contributed by atoms with Crippen molar-refractivity contribution in [3.05, 3.63) is 12.0 Å². The van der Waals surface area contributed by atoms with Crippen LogP contribution in [0.25, 0.3) is 0 Å². The molecule has 1 aliphatic heterocycles. The monoisotopic (exact) mass is 362 g/mol. The summed E-state index contributed by atoms with van der Waals surface area (Å²) in [5, 5.41) is 20.1. The molecule has 0 spiro atoms. The number of carbonyl (C=O) groups is 1. The molecule has 10 heteroatoms. The molecule has 0 radical (unpaired) electrons. The summed E-state index contributed by atoms with van der Waals surface area (Å²) in [7, 11) is 3.26. The first-order chi connectivity index (χ1) is 11.5. The number of anilines is 1. The minimum atomic E-state index is -4.65. The SMILES string of the molecule is CN1c2ncn(C)c2C(=O)N(CC2CCC(O)(C(F)(F)F)CC2)C1O. The highest BCUT2D eigenvalue weighted by Crippen LogP contribution is 2.43. The fourth-order valence-electron chi connectivity index (χ4n) is 3.56. The van der Waals surface area contributed by atoms with Crippen LogP contribution in [0.1, 0.15) is 36.2 Å². The average molecular weight is 362 g/mol. The van der Waals surface area contributed by atoms with Gasteiger partial charge in [0.25, 0.3) is 5.91 Å². The molecule has 0 aromatic carbocycles. The van der Waals surface area contributed by atoms with E-state index < -0.39 is 36.9 Å². The third-order valence-electron chi connectivity index (χ3n) is 5.26. The Labute approximate surface area is 142 Å². The molecule has 1 fully saturated rings. The Hall–Kier alpha value is -1.81. The molecule has 1 unspecified atom stereocenters. The van der Waals surface area contributed by atoms with Crippen molar-refractivity contribution in [1.82, 2.24) is 14.5 Å². The van der Waals surface area contributed by atoms with Gasteiger partial charge in [-0.15, -0.1) is 0 Å². The van der Waals surface area contributed by atoms with E-state index in [0.29, 0.717) is 11.5 Å². The number of aliphatic hydroxyl groups is 2. The topological polar surface area (TPSA) is 81.8 Å².